The summed E-state index contributed by atoms with van der Waals surface area (Å²) in [5.41, 5.74) is 2.90. The SMILES string of the molecule is CC(C)Nc1ccc(NS(=O)(=O)c2ccc3c(c2)CC(=O)N3C)cc1. The zero-order valence-electron chi connectivity index (χ0n) is 14.4. The fourth-order valence-corrected chi connectivity index (χ4v) is 3.90. The molecule has 0 saturated carbocycles. The predicted octanol–water partition coefficient (Wildman–Crippen LogP) is 2.83. The highest BCUT2D eigenvalue weighted by Gasteiger charge is 2.26. The minimum absolute atomic E-state index is 0.0363. The molecule has 2 aromatic rings. The number of hydrogen-bond acceptors (Lipinski definition) is 4. The molecule has 132 valence electrons. The lowest BCUT2D eigenvalue weighted by Gasteiger charge is -2.13. The summed E-state index contributed by atoms with van der Waals surface area (Å²) in [6.07, 6.45) is 0.227. The van der Waals surface area contributed by atoms with Gasteiger partial charge in [0.15, 0.2) is 0 Å². The summed E-state index contributed by atoms with van der Waals surface area (Å²) in [6, 6.07) is 12.1. The van der Waals surface area contributed by atoms with E-state index in [1.165, 1.54) is 6.07 Å². The van der Waals surface area contributed by atoms with Gasteiger partial charge in [0, 0.05) is 30.2 Å². The van der Waals surface area contributed by atoms with Crippen molar-refractivity contribution in [3.8, 4) is 0 Å². The lowest BCUT2D eigenvalue weighted by Crippen LogP contribution is -2.20. The molecule has 3 rings (SSSR count). The molecule has 0 fully saturated rings. The quantitative estimate of drug-likeness (QED) is 0.860. The Hall–Kier alpha value is -2.54. The number of nitrogens with one attached hydrogen (secondary N) is 2. The summed E-state index contributed by atoms with van der Waals surface area (Å²) in [6.45, 7) is 4.07. The molecule has 0 bridgehead atoms. The summed E-state index contributed by atoms with van der Waals surface area (Å²) in [5, 5.41) is 3.25. The van der Waals surface area contributed by atoms with E-state index in [9.17, 15) is 13.2 Å². The fourth-order valence-electron chi connectivity index (χ4n) is 2.80. The van der Waals surface area contributed by atoms with E-state index in [1.807, 2.05) is 26.0 Å². The average Bonchev–Trinajstić information content (AvgIpc) is 2.83. The maximum absolute atomic E-state index is 12.6. The van der Waals surface area contributed by atoms with Crippen molar-refractivity contribution in [1.29, 1.82) is 0 Å². The van der Waals surface area contributed by atoms with Gasteiger partial charge in [-0.2, -0.15) is 0 Å². The summed E-state index contributed by atoms with van der Waals surface area (Å²) >= 11 is 0. The maximum Gasteiger partial charge on any atom is 0.261 e. The molecule has 2 N–H and O–H groups in total. The Balaban J connectivity index is 1.81. The second-order valence-electron chi connectivity index (χ2n) is 6.40. The fraction of sp³-hybridized carbons (Fsp3) is 0.278. The van der Waals surface area contributed by atoms with E-state index in [1.54, 1.807) is 36.2 Å². The first-order chi connectivity index (χ1) is 11.8. The van der Waals surface area contributed by atoms with Crippen LogP contribution in [0.3, 0.4) is 0 Å². The van der Waals surface area contributed by atoms with Gasteiger partial charge in [0.25, 0.3) is 10.0 Å². The van der Waals surface area contributed by atoms with Crippen LogP contribution < -0.4 is 14.9 Å². The summed E-state index contributed by atoms with van der Waals surface area (Å²) in [5.74, 6) is -0.0363. The van der Waals surface area contributed by atoms with Gasteiger partial charge in [-0.1, -0.05) is 0 Å². The van der Waals surface area contributed by atoms with E-state index in [0.717, 1.165) is 16.9 Å². The van der Waals surface area contributed by atoms with Gasteiger partial charge in [-0.05, 0) is 61.9 Å². The third kappa shape index (κ3) is 3.61. The highest BCUT2D eigenvalue weighted by atomic mass is 32.2. The highest BCUT2D eigenvalue weighted by molar-refractivity contribution is 7.92. The Kier molecular flexibility index (Phi) is 4.43. The van der Waals surface area contributed by atoms with Crippen LogP contribution in [0.2, 0.25) is 0 Å². The van der Waals surface area contributed by atoms with Crippen molar-refractivity contribution in [3.63, 3.8) is 0 Å². The number of sulfonamides is 1. The third-order valence-electron chi connectivity index (χ3n) is 4.03. The lowest BCUT2D eigenvalue weighted by atomic mass is 10.2. The van der Waals surface area contributed by atoms with Crippen molar-refractivity contribution in [2.75, 3.05) is 22.0 Å². The van der Waals surface area contributed by atoms with Gasteiger partial charge < -0.3 is 10.2 Å². The first-order valence-electron chi connectivity index (χ1n) is 8.05. The number of likely N-dealkylation sites (N-methyl/N-ethyl adjacent to an activating group) is 1. The van der Waals surface area contributed by atoms with Crippen molar-refractivity contribution in [3.05, 3.63) is 48.0 Å². The van der Waals surface area contributed by atoms with Crippen LogP contribution in [0.4, 0.5) is 17.1 Å². The van der Waals surface area contributed by atoms with E-state index in [2.05, 4.69) is 10.0 Å². The number of amides is 1. The second kappa shape index (κ2) is 6.40. The predicted molar refractivity (Wildman–Crippen MR) is 99.6 cm³/mol. The molecule has 6 nitrogen and oxygen atoms in total. The van der Waals surface area contributed by atoms with Gasteiger partial charge >= 0.3 is 0 Å². The van der Waals surface area contributed by atoms with Gasteiger partial charge in [0.1, 0.15) is 0 Å². The Morgan fingerprint density at radius 3 is 2.32 bits per heavy atom. The molecule has 0 atom stereocenters. The Morgan fingerprint density at radius 1 is 1.04 bits per heavy atom. The first-order valence-corrected chi connectivity index (χ1v) is 9.53. The first kappa shape index (κ1) is 17.3. The number of fused-ring (bicyclic) bond motifs is 1. The van der Waals surface area contributed by atoms with E-state index in [-0.39, 0.29) is 17.2 Å². The standard InChI is InChI=1S/C18H21N3O3S/c1-12(2)19-14-4-6-15(7-5-14)20-25(23,24)16-8-9-17-13(10-16)11-18(22)21(17)3/h4-10,12,19-20H,11H2,1-3H3. The van der Waals surface area contributed by atoms with Crippen LogP contribution in [-0.4, -0.2) is 27.4 Å². The van der Waals surface area contributed by atoms with Gasteiger partial charge in [0.05, 0.1) is 11.3 Å². The lowest BCUT2D eigenvalue weighted by molar-refractivity contribution is -0.117. The Labute approximate surface area is 147 Å². The number of rotatable bonds is 5. The van der Waals surface area contributed by atoms with Crippen LogP contribution >= 0.6 is 0 Å². The van der Waals surface area contributed by atoms with Crippen molar-refractivity contribution >= 4 is 33.0 Å². The van der Waals surface area contributed by atoms with E-state index in [4.69, 9.17) is 0 Å². The van der Waals surface area contributed by atoms with Crippen LogP contribution in [0.1, 0.15) is 19.4 Å². The minimum Gasteiger partial charge on any atom is -0.383 e. The summed E-state index contributed by atoms with van der Waals surface area (Å²) in [7, 11) is -2.02. The van der Waals surface area contributed by atoms with Crippen LogP contribution in [0.5, 0.6) is 0 Å². The molecule has 25 heavy (non-hydrogen) atoms. The largest absolute Gasteiger partial charge is 0.383 e. The molecule has 2 aromatic carbocycles. The molecule has 1 aliphatic heterocycles. The van der Waals surface area contributed by atoms with Gasteiger partial charge in [0.2, 0.25) is 5.91 Å². The Morgan fingerprint density at radius 2 is 1.68 bits per heavy atom. The number of carbonyl (C=O) groups excluding carboxylic acids is 1. The molecular formula is C18H21N3O3S. The van der Waals surface area contributed by atoms with Crippen molar-refractivity contribution in [2.24, 2.45) is 0 Å². The number of nitrogens with zero attached hydrogens (tertiary/aromatic N) is 1. The molecular weight excluding hydrogens is 338 g/mol. The zero-order valence-corrected chi connectivity index (χ0v) is 15.2. The van der Waals surface area contributed by atoms with Gasteiger partial charge in [-0.25, -0.2) is 8.42 Å². The van der Waals surface area contributed by atoms with Crippen LogP contribution in [0.25, 0.3) is 0 Å². The number of hydrogen-bond donors (Lipinski definition) is 2. The molecule has 0 radical (unpaired) electrons. The summed E-state index contributed by atoms with van der Waals surface area (Å²) < 4.78 is 27.8. The zero-order chi connectivity index (χ0) is 18.2. The van der Waals surface area contributed by atoms with Gasteiger partial charge in [-0.3, -0.25) is 9.52 Å². The monoisotopic (exact) mass is 359 g/mol. The average molecular weight is 359 g/mol. The molecule has 0 aromatic heterocycles. The molecule has 0 saturated heterocycles. The molecule has 7 heteroatoms. The highest BCUT2D eigenvalue weighted by Crippen LogP contribution is 2.30. The molecule has 1 heterocycles. The smallest absolute Gasteiger partial charge is 0.261 e. The number of carbonyl (C=O) groups is 1. The molecule has 1 aliphatic rings. The van der Waals surface area contributed by atoms with Gasteiger partial charge in [-0.15, -0.1) is 0 Å². The molecule has 1 amide bonds. The maximum atomic E-state index is 12.6. The summed E-state index contributed by atoms with van der Waals surface area (Å²) in [4.78, 5) is 13.4. The molecule has 0 unspecified atom stereocenters. The number of benzene rings is 2. The van der Waals surface area contributed by atoms with E-state index in [0.29, 0.717) is 11.7 Å². The van der Waals surface area contributed by atoms with E-state index < -0.39 is 10.0 Å². The molecule has 0 spiro atoms. The van der Waals surface area contributed by atoms with Crippen LogP contribution in [-0.2, 0) is 21.2 Å². The molecule has 0 aliphatic carbocycles. The van der Waals surface area contributed by atoms with Crippen LogP contribution in [0.15, 0.2) is 47.4 Å². The third-order valence-corrected chi connectivity index (χ3v) is 5.41. The Bertz CT molecular complexity index is 906. The topological polar surface area (TPSA) is 78.5 Å². The normalized spacial score (nSPS) is 13.9. The number of anilines is 3. The van der Waals surface area contributed by atoms with Crippen molar-refractivity contribution < 1.29 is 13.2 Å². The van der Waals surface area contributed by atoms with Crippen molar-refractivity contribution in [2.45, 2.75) is 31.2 Å². The second-order valence-corrected chi connectivity index (χ2v) is 8.08. The van der Waals surface area contributed by atoms with E-state index >= 15 is 0 Å². The van der Waals surface area contributed by atoms with Crippen molar-refractivity contribution in [1.82, 2.24) is 0 Å². The minimum atomic E-state index is -3.71. The van der Waals surface area contributed by atoms with Crippen LogP contribution in [0, 0.1) is 0 Å².